The van der Waals surface area contributed by atoms with E-state index in [9.17, 15) is 14.0 Å². The maximum absolute atomic E-state index is 13.8. The molecule has 0 bridgehead atoms. The summed E-state index contributed by atoms with van der Waals surface area (Å²) in [5.74, 6) is 1.01. The van der Waals surface area contributed by atoms with Crippen LogP contribution in [0, 0.1) is 5.82 Å². The summed E-state index contributed by atoms with van der Waals surface area (Å²) in [6.45, 7) is 0.913. The number of fused-ring (bicyclic) bond motifs is 1. The minimum Gasteiger partial charge on any atom is -0.497 e. The number of anilines is 1. The Morgan fingerprint density at radius 1 is 1.23 bits per heavy atom. The van der Waals surface area contributed by atoms with Crippen molar-refractivity contribution in [2.75, 3.05) is 25.5 Å². The largest absolute Gasteiger partial charge is 0.497 e. The number of piperazine rings is 1. The average Bonchev–Trinajstić information content (AvgIpc) is 3.50. The Hall–Kier alpha value is -3.99. The minimum absolute atomic E-state index is 0.0664. The van der Waals surface area contributed by atoms with Crippen LogP contribution >= 0.6 is 0 Å². The number of hydrogen-bond donors (Lipinski definition) is 3. The number of nitrogens with one attached hydrogen (secondary N) is 3. The topological polar surface area (TPSA) is 122 Å². The number of halogens is 1. The molecule has 0 aliphatic carbocycles. The summed E-state index contributed by atoms with van der Waals surface area (Å²) in [6.07, 6.45) is 0.905. The van der Waals surface area contributed by atoms with Crippen LogP contribution in [0.2, 0.25) is 0 Å². The van der Waals surface area contributed by atoms with Crippen molar-refractivity contribution in [3.8, 4) is 17.2 Å². The molecule has 5 rings (SSSR count). The smallest absolute Gasteiger partial charge is 0.319 e. The van der Waals surface area contributed by atoms with E-state index in [2.05, 4.69) is 31.0 Å². The zero-order valence-corrected chi connectivity index (χ0v) is 19.0. The number of rotatable bonds is 6. The van der Waals surface area contributed by atoms with Crippen molar-refractivity contribution in [3.05, 3.63) is 60.2 Å². The highest BCUT2D eigenvalue weighted by atomic mass is 19.1. The Morgan fingerprint density at radius 2 is 2.03 bits per heavy atom. The van der Waals surface area contributed by atoms with Gasteiger partial charge in [0, 0.05) is 37.2 Å². The normalized spacial score (nSPS) is 21.8. The molecule has 2 aliphatic rings. The predicted molar refractivity (Wildman–Crippen MR) is 124 cm³/mol. The number of aromatic nitrogens is 2. The van der Waals surface area contributed by atoms with Crippen LogP contribution in [0.15, 0.2) is 52.9 Å². The summed E-state index contributed by atoms with van der Waals surface area (Å²) in [6, 6.07) is 12.1. The number of ether oxygens (including phenoxy) is 1. The molecule has 0 saturated carbocycles. The fourth-order valence-electron chi connectivity index (χ4n) is 4.56. The van der Waals surface area contributed by atoms with Gasteiger partial charge in [-0.3, -0.25) is 9.69 Å². The molecule has 0 radical (unpaired) electrons. The first-order chi connectivity index (χ1) is 17.0. The molecule has 3 heterocycles. The number of benzene rings is 2. The van der Waals surface area contributed by atoms with Gasteiger partial charge < -0.3 is 25.1 Å². The molecule has 35 heavy (non-hydrogen) atoms. The summed E-state index contributed by atoms with van der Waals surface area (Å²) in [5, 5.41) is 16.6. The molecular formula is C24H25FN6O4. The van der Waals surface area contributed by atoms with Crippen LogP contribution in [0.25, 0.3) is 11.5 Å². The summed E-state index contributed by atoms with van der Waals surface area (Å²) in [4.78, 5) is 27.0. The number of nitrogens with zero attached hydrogens (tertiary/aromatic N) is 3. The Balaban J connectivity index is 1.22. The molecule has 2 fully saturated rings. The van der Waals surface area contributed by atoms with Gasteiger partial charge in [0.2, 0.25) is 17.7 Å². The summed E-state index contributed by atoms with van der Waals surface area (Å²) in [7, 11) is 1.60. The van der Waals surface area contributed by atoms with Gasteiger partial charge in [0.25, 0.3) is 0 Å². The lowest BCUT2D eigenvalue weighted by atomic mass is 10.1. The van der Waals surface area contributed by atoms with Gasteiger partial charge in [0.15, 0.2) is 0 Å². The second-order valence-corrected chi connectivity index (χ2v) is 8.56. The number of amides is 3. The molecule has 2 aliphatic heterocycles. The Kier molecular flexibility index (Phi) is 6.32. The molecule has 2 saturated heterocycles. The van der Waals surface area contributed by atoms with Gasteiger partial charge in [0.05, 0.1) is 18.8 Å². The molecule has 11 heteroatoms. The zero-order valence-electron chi connectivity index (χ0n) is 19.0. The van der Waals surface area contributed by atoms with Gasteiger partial charge in [-0.2, -0.15) is 0 Å². The second-order valence-electron chi connectivity index (χ2n) is 8.56. The number of methoxy groups -OCH3 is 1. The van der Waals surface area contributed by atoms with Crippen LogP contribution < -0.4 is 20.7 Å². The van der Waals surface area contributed by atoms with E-state index in [-0.39, 0.29) is 29.7 Å². The molecule has 2 aromatic carbocycles. The van der Waals surface area contributed by atoms with E-state index in [0.717, 1.165) is 11.3 Å². The average molecular weight is 481 g/mol. The molecule has 0 unspecified atom stereocenters. The highest BCUT2D eigenvalue weighted by Gasteiger charge is 2.44. The van der Waals surface area contributed by atoms with Gasteiger partial charge in [-0.15, -0.1) is 10.2 Å². The van der Waals surface area contributed by atoms with E-state index in [1.165, 1.54) is 12.1 Å². The van der Waals surface area contributed by atoms with E-state index >= 15 is 0 Å². The maximum atomic E-state index is 13.8. The third-order valence-corrected chi connectivity index (χ3v) is 6.29. The highest BCUT2D eigenvalue weighted by molar-refractivity contribution is 5.90. The van der Waals surface area contributed by atoms with Gasteiger partial charge in [-0.25, -0.2) is 9.18 Å². The van der Waals surface area contributed by atoms with Crippen LogP contribution in [-0.4, -0.2) is 65.4 Å². The molecule has 10 nitrogen and oxygen atoms in total. The molecule has 182 valence electrons. The first kappa shape index (κ1) is 22.8. The van der Waals surface area contributed by atoms with Crippen LogP contribution in [0.4, 0.5) is 14.9 Å². The van der Waals surface area contributed by atoms with Crippen molar-refractivity contribution < 1.29 is 23.1 Å². The van der Waals surface area contributed by atoms with Crippen LogP contribution in [0.3, 0.4) is 0 Å². The van der Waals surface area contributed by atoms with E-state index in [4.69, 9.17) is 9.15 Å². The lowest BCUT2D eigenvalue weighted by molar-refractivity contribution is -0.129. The maximum Gasteiger partial charge on any atom is 0.319 e. The van der Waals surface area contributed by atoms with E-state index < -0.39 is 11.8 Å². The molecule has 3 N–H and O–H groups in total. The van der Waals surface area contributed by atoms with E-state index in [1.54, 1.807) is 19.2 Å². The second kappa shape index (κ2) is 9.71. The summed E-state index contributed by atoms with van der Waals surface area (Å²) in [5.41, 5.74) is 0.881. The number of carbonyl (C=O) groups is 2. The molecule has 3 atom stereocenters. The van der Waals surface area contributed by atoms with Crippen LogP contribution in [-0.2, 0) is 11.2 Å². The SMILES string of the molecule is COc1ccc(-c2nnc(C[C@@H]3CNC(=O)[C@@H]4C[C@H](NC(=O)Nc5ccccc5F)CN34)o2)cc1. The first-order valence-corrected chi connectivity index (χ1v) is 11.3. The van der Waals surface area contributed by atoms with Gasteiger partial charge in [-0.1, -0.05) is 12.1 Å². The summed E-state index contributed by atoms with van der Waals surface area (Å²) >= 11 is 0. The number of urea groups is 1. The lowest BCUT2D eigenvalue weighted by Crippen LogP contribution is -2.58. The number of hydrogen-bond acceptors (Lipinski definition) is 7. The summed E-state index contributed by atoms with van der Waals surface area (Å²) < 4.78 is 24.9. The van der Waals surface area contributed by atoms with E-state index in [1.807, 2.05) is 24.3 Å². The number of carbonyl (C=O) groups excluding carboxylic acids is 2. The Labute approximate surface area is 200 Å². The molecule has 3 amide bonds. The highest BCUT2D eigenvalue weighted by Crippen LogP contribution is 2.27. The molecule has 1 aromatic heterocycles. The minimum atomic E-state index is -0.516. The molecule has 3 aromatic rings. The van der Waals surface area contributed by atoms with Crippen molar-refractivity contribution in [2.45, 2.75) is 31.0 Å². The first-order valence-electron chi connectivity index (χ1n) is 11.3. The van der Waals surface area contributed by atoms with Crippen molar-refractivity contribution in [3.63, 3.8) is 0 Å². The fraction of sp³-hybridized carbons (Fsp3) is 0.333. The standard InChI is InChI=1S/C24H25FN6O4/c1-34-17-8-6-14(7-9-17)23-30-29-21(35-23)11-16-12-26-22(32)20-10-15(13-31(16)20)27-24(33)28-19-5-3-2-4-18(19)25/h2-9,15-16,20H,10-13H2,1H3,(H,26,32)(H2,27,28,33)/t15-,16+,20-/m0/s1. The van der Waals surface area contributed by atoms with E-state index in [0.29, 0.717) is 37.7 Å². The van der Waals surface area contributed by atoms with Gasteiger partial charge in [-0.05, 0) is 42.8 Å². The van der Waals surface area contributed by atoms with Gasteiger partial charge in [0.1, 0.15) is 11.6 Å². The van der Waals surface area contributed by atoms with Crippen LogP contribution in [0.1, 0.15) is 12.3 Å². The number of para-hydroxylation sites is 1. The quantitative estimate of drug-likeness (QED) is 0.494. The molecule has 0 spiro atoms. The van der Waals surface area contributed by atoms with Crippen LogP contribution in [0.5, 0.6) is 5.75 Å². The monoisotopic (exact) mass is 480 g/mol. The Morgan fingerprint density at radius 3 is 2.80 bits per heavy atom. The van der Waals surface area contributed by atoms with Crippen molar-refractivity contribution in [1.82, 2.24) is 25.7 Å². The predicted octanol–water partition coefficient (Wildman–Crippen LogP) is 2.19. The van der Waals surface area contributed by atoms with Crippen molar-refractivity contribution >= 4 is 17.6 Å². The lowest BCUT2D eigenvalue weighted by Gasteiger charge is -2.36. The van der Waals surface area contributed by atoms with Crippen molar-refractivity contribution in [2.24, 2.45) is 0 Å². The van der Waals surface area contributed by atoms with Crippen molar-refractivity contribution in [1.29, 1.82) is 0 Å². The third kappa shape index (κ3) is 4.94. The molecular weight excluding hydrogens is 455 g/mol. The fourth-order valence-corrected chi connectivity index (χ4v) is 4.56. The third-order valence-electron chi connectivity index (χ3n) is 6.29. The van der Waals surface area contributed by atoms with Gasteiger partial charge >= 0.3 is 6.03 Å². The Bertz CT molecular complexity index is 1220. The zero-order chi connectivity index (χ0) is 24.4.